The monoisotopic (exact) mass is 626 g/mol. The van der Waals surface area contributed by atoms with E-state index in [4.69, 9.17) is 9.97 Å². The summed E-state index contributed by atoms with van der Waals surface area (Å²) in [5.41, 5.74) is 12.3. The van der Waals surface area contributed by atoms with Gasteiger partial charge < -0.3 is 9.47 Å². The number of anilines is 1. The highest BCUT2D eigenvalue weighted by molar-refractivity contribution is 5.84. The van der Waals surface area contributed by atoms with Gasteiger partial charge in [-0.2, -0.15) is 5.26 Å². The second-order valence-electron chi connectivity index (χ2n) is 15.0. The number of imidazole rings is 1. The number of fused-ring (bicyclic) bond motifs is 2. The highest BCUT2D eigenvalue weighted by Crippen LogP contribution is 2.51. The third-order valence-corrected chi connectivity index (χ3v) is 11.8. The Balaban J connectivity index is 1.17. The van der Waals surface area contributed by atoms with E-state index >= 15 is 0 Å². The van der Waals surface area contributed by atoms with Crippen molar-refractivity contribution in [3.8, 4) is 6.07 Å². The average Bonchev–Trinajstić information content (AvgIpc) is 3.71. The summed E-state index contributed by atoms with van der Waals surface area (Å²) in [7, 11) is 0. The summed E-state index contributed by atoms with van der Waals surface area (Å²) in [4.78, 5) is 15.6. The molecule has 6 nitrogen and oxygen atoms in total. The van der Waals surface area contributed by atoms with Gasteiger partial charge in [0.1, 0.15) is 5.82 Å². The molecule has 2 aromatic heterocycles. The minimum atomic E-state index is -0.260. The molecule has 3 unspecified atom stereocenters. The number of aryl methyl sites for hydroxylation is 2. The van der Waals surface area contributed by atoms with Crippen molar-refractivity contribution in [2.45, 2.75) is 104 Å². The summed E-state index contributed by atoms with van der Waals surface area (Å²) in [5.74, 6) is 1.48. The van der Waals surface area contributed by atoms with Crippen molar-refractivity contribution in [2.75, 3.05) is 24.5 Å². The summed E-state index contributed by atoms with van der Waals surface area (Å²) in [6.45, 7) is 22.3. The number of rotatable bonds is 9. The van der Waals surface area contributed by atoms with Crippen molar-refractivity contribution in [1.29, 1.82) is 5.26 Å². The van der Waals surface area contributed by atoms with Gasteiger partial charge in [0.05, 0.1) is 29.1 Å². The third-order valence-electron chi connectivity index (χ3n) is 11.8. The van der Waals surface area contributed by atoms with Crippen LogP contribution in [0.15, 0.2) is 55.2 Å². The van der Waals surface area contributed by atoms with Crippen LogP contribution in [0.2, 0.25) is 0 Å². The van der Waals surface area contributed by atoms with E-state index in [9.17, 15) is 5.26 Å². The molecule has 1 saturated carbocycles. The van der Waals surface area contributed by atoms with E-state index < -0.39 is 0 Å². The van der Waals surface area contributed by atoms with Crippen LogP contribution in [0, 0.1) is 23.7 Å². The number of nitriles is 1. The van der Waals surface area contributed by atoms with E-state index in [1.807, 2.05) is 6.20 Å². The first-order valence-corrected chi connectivity index (χ1v) is 17.7. The second-order valence-corrected chi connectivity index (χ2v) is 15.0. The molecule has 3 heterocycles. The van der Waals surface area contributed by atoms with Crippen molar-refractivity contribution in [3.63, 3.8) is 0 Å². The van der Waals surface area contributed by atoms with Crippen LogP contribution in [-0.2, 0) is 31.3 Å². The maximum absolute atomic E-state index is 10.1. The lowest BCUT2D eigenvalue weighted by Crippen LogP contribution is -2.53. The molecule has 0 bridgehead atoms. The number of allylic oxidation sites excluding steroid dienone is 1. The van der Waals surface area contributed by atoms with Crippen molar-refractivity contribution < 1.29 is 0 Å². The summed E-state index contributed by atoms with van der Waals surface area (Å²) in [6, 6.07) is 19.0. The number of hydrogen-bond donors (Lipinski definition) is 0. The lowest BCUT2D eigenvalue weighted by molar-refractivity contribution is 0.157. The van der Waals surface area contributed by atoms with E-state index in [0.717, 1.165) is 87.3 Å². The molecule has 244 valence electrons. The number of aromatic nitrogens is 3. The van der Waals surface area contributed by atoms with Crippen molar-refractivity contribution in [3.05, 3.63) is 94.6 Å². The minimum absolute atomic E-state index is 0.0130. The van der Waals surface area contributed by atoms with Gasteiger partial charge in [-0.1, -0.05) is 58.0 Å². The fraction of sp³-hybridized carbons (Fsp3) is 0.488. The van der Waals surface area contributed by atoms with Gasteiger partial charge in [0.15, 0.2) is 0 Å². The highest BCUT2D eigenvalue weighted by Gasteiger charge is 2.45. The standard InChI is InChI=1S/C41H50N6/c1-8-30-19-32(27(3)4)20-35-39(30)44-37(47(35)26-41(25-42)15-16-41)24-45-17-18-46(23-33(45)9-2)34-12-10-11-31-21-40(7,29(6)38(31)34)36-14-13-28(5)22-43-36/h10-14,19-20,22,29,33H,3,8-9,15-18,21,23-24,26H2,1-2,4-7H3. The molecule has 3 atom stereocenters. The number of hydrogen-bond acceptors (Lipinski definition) is 5. The first-order chi connectivity index (χ1) is 22.6. The maximum atomic E-state index is 10.1. The van der Waals surface area contributed by atoms with Gasteiger partial charge in [0, 0.05) is 55.2 Å². The number of piperazine rings is 1. The van der Waals surface area contributed by atoms with Gasteiger partial charge in [-0.15, -0.1) is 0 Å². The quantitative estimate of drug-likeness (QED) is 0.187. The Labute approximate surface area is 281 Å². The molecule has 3 aliphatic rings. The van der Waals surface area contributed by atoms with E-state index in [2.05, 4.69) is 111 Å². The molecule has 1 saturated heterocycles. The van der Waals surface area contributed by atoms with Crippen LogP contribution in [0.3, 0.4) is 0 Å². The summed E-state index contributed by atoms with van der Waals surface area (Å²) in [5, 5.41) is 10.1. The van der Waals surface area contributed by atoms with Crippen LogP contribution in [0.25, 0.3) is 16.6 Å². The lowest BCUT2D eigenvalue weighted by atomic mass is 9.75. The van der Waals surface area contributed by atoms with Gasteiger partial charge >= 0.3 is 0 Å². The predicted octanol–water partition coefficient (Wildman–Crippen LogP) is 8.36. The molecule has 2 fully saturated rings. The Bertz CT molecular complexity index is 1870. The molecule has 47 heavy (non-hydrogen) atoms. The van der Waals surface area contributed by atoms with Gasteiger partial charge in [0.2, 0.25) is 0 Å². The molecule has 0 spiro atoms. The van der Waals surface area contributed by atoms with Crippen LogP contribution >= 0.6 is 0 Å². The van der Waals surface area contributed by atoms with Crippen molar-refractivity contribution in [1.82, 2.24) is 19.4 Å². The SMILES string of the molecule is C=C(C)c1cc(CC)c2nc(CN3CCN(c4cccc5c4C(C)C(C)(c4ccc(C)cn4)C5)CC3CC)n(CC3(C#N)CC3)c2c1. The first-order valence-electron chi connectivity index (χ1n) is 17.7. The predicted molar refractivity (Wildman–Crippen MR) is 193 cm³/mol. The molecular weight excluding hydrogens is 576 g/mol. The Morgan fingerprint density at radius 3 is 2.60 bits per heavy atom. The van der Waals surface area contributed by atoms with Crippen LogP contribution in [0.4, 0.5) is 5.69 Å². The molecular formula is C41H50N6. The Kier molecular flexibility index (Phi) is 8.03. The Morgan fingerprint density at radius 1 is 1.13 bits per heavy atom. The van der Waals surface area contributed by atoms with Gasteiger partial charge in [0.25, 0.3) is 0 Å². The molecule has 0 radical (unpaired) electrons. The van der Waals surface area contributed by atoms with E-state index in [1.165, 1.54) is 39.2 Å². The molecule has 1 aliphatic heterocycles. The zero-order valence-electron chi connectivity index (χ0n) is 29.2. The van der Waals surface area contributed by atoms with Crippen molar-refractivity contribution >= 4 is 22.3 Å². The maximum Gasteiger partial charge on any atom is 0.124 e. The molecule has 2 aromatic carbocycles. The second kappa shape index (κ2) is 11.9. The Morgan fingerprint density at radius 2 is 1.94 bits per heavy atom. The van der Waals surface area contributed by atoms with Gasteiger partial charge in [-0.05, 0) is 104 Å². The summed E-state index contributed by atoms with van der Waals surface area (Å²) >= 11 is 0. The normalized spacial score (nSPS) is 23.6. The zero-order chi connectivity index (χ0) is 33.1. The molecule has 0 amide bonds. The largest absolute Gasteiger partial charge is 0.368 e. The third kappa shape index (κ3) is 5.47. The lowest BCUT2D eigenvalue weighted by Gasteiger charge is -2.43. The fourth-order valence-corrected chi connectivity index (χ4v) is 8.32. The number of nitrogens with zero attached hydrogens (tertiary/aromatic N) is 6. The zero-order valence-corrected chi connectivity index (χ0v) is 29.2. The number of pyridine rings is 1. The molecule has 2 aliphatic carbocycles. The molecule has 6 heteroatoms. The van der Waals surface area contributed by atoms with Crippen LogP contribution in [0.1, 0.15) is 99.1 Å². The number of benzene rings is 2. The van der Waals surface area contributed by atoms with Crippen LogP contribution < -0.4 is 4.90 Å². The Hall–Kier alpha value is -3.95. The summed E-state index contributed by atoms with van der Waals surface area (Å²) in [6.07, 6.45) is 6.99. The van der Waals surface area contributed by atoms with E-state index in [0.29, 0.717) is 12.0 Å². The highest BCUT2D eigenvalue weighted by atomic mass is 15.3. The van der Waals surface area contributed by atoms with E-state index in [-0.39, 0.29) is 10.8 Å². The fourth-order valence-electron chi connectivity index (χ4n) is 8.32. The first kappa shape index (κ1) is 31.6. The van der Waals surface area contributed by atoms with Gasteiger partial charge in [-0.25, -0.2) is 4.98 Å². The molecule has 0 N–H and O–H groups in total. The van der Waals surface area contributed by atoms with Crippen LogP contribution in [0.5, 0.6) is 0 Å². The topological polar surface area (TPSA) is 61.0 Å². The minimum Gasteiger partial charge on any atom is -0.368 e. The molecule has 7 rings (SSSR count). The van der Waals surface area contributed by atoms with Crippen LogP contribution in [-0.4, -0.2) is 45.1 Å². The van der Waals surface area contributed by atoms with E-state index in [1.54, 1.807) is 0 Å². The van der Waals surface area contributed by atoms with Gasteiger partial charge in [-0.3, -0.25) is 9.88 Å². The smallest absolute Gasteiger partial charge is 0.124 e. The molecule has 4 aromatic rings. The van der Waals surface area contributed by atoms with Crippen molar-refractivity contribution in [2.24, 2.45) is 5.41 Å². The average molecular weight is 627 g/mol. The summed E-state index contributed by atoms with van der Waals surface area (Å²) < 4.78 is 2.39.